The average Bonchev–Trinajstić information content (AvgIpc) is 2.88. The van der Waals surface area contributed by atoms with Gasteiger partial charge in [-0.3, -0.25) is 4.79 Å². The van der Waals surface area contributed by atoms with Crippen molar-refractivity contribution in [3.05, 3.63) is 58.7 Å². The summed E-state index contributed by atoms with van der Waals surface area (Å²) in [6, 6.07) is 12.6. The standard InChI is InChI=1S/C17H14Cl2N2O2/c1-23-15-2-3-16-11(6-15)4-5-21(16)10-17(22)20-14-8-12(18)7-13(19)9-14/h2-9H,10H2,1H3,(H,20,22). The highest BCUT2D eigenvalue weighted by atomic mass is 35.5. The van der Waals surface area contributed by atoms with Crippen LogP contribution in [0.15, 0.2) is 48.7 Å². The molecule has 1 N–H and O–H groups in total. The Balaban J connectivity index is 1.77. The predicted molar refractivity (Wildman–Crippen MR) is 93.6 cm³/mol. The molecule has 4 nitrogen and oxygen atoms in total. The lowest BCUT2D eigenvalue weighted by Crippen LogP contribution is -2.18. The van der Waals surface area contributed by atoms with Gasteiger partial charge in [-0.2, -0.15) is 0 Å². The Morgan fingerprint density at radius 1 is 1.13 bits per heavy atom. The van der Waals surface area contributed by atoms with Gasteiger partial charge in [0.2, 0.25) is 5.91 Å². The summed E-state index contributed by atoms with van der Waals surface area (Å²) in [4.78, 5) is 12.2. The molecule has 0 aliphatic heterocycles. The van der Waals surface area contributed by atoms with Crippen molar-refractivity contribution in [1.29, 1.82) is 0 Å². The van der Waals surface area contributed by atoms with Crippen LogP contribution in [0, 0.1) is 0 Å². The van der Waals surface area contributed by atoms with Gasteiger partial charge in [0.15, 0.2) is 0 Å². The summed E-state index contributed by atoms with van der Waals surface area (Å²) in [5.41, 5.74) is 1.54. The van der Waals surface area contributed by atoms with Crippen LogP contribution in [0.2, 0.25) is 10.0 Å². The van der Waals surface area contributed by atoms with Gasteiger partial charge in [-0.1, -0.05) is 23.2 Å². The number of benzene rings is 2. The first kappa shape index (κ1) is 15.7. The number of amides is 1. The summed E-state index contributed by atoms with van der Waals surface area (Å²) in [5, 5.41) is 4.77. The number of carbonyl (C=O) groups excluding carboxylic acids is 1. The van der Waals surface area contributed by atoms with E-state index < -0.39 is 0 Å². The molecule has 0 bridgehead atoms. The summed E-state index contributed by atoms with van der Waals surface area (Å²) < 4.78 is 7.07. The fraction of sp³-hybridized carbons (Fsp3) is 0.118. The molecule has 3 aromatic rings. The predicted octanol–water partition coefficient (Wildman–Crippen LogP) is 4.60. The molecule has 118 valence electrons. The number of hydrogen-bond donors (Lipinski definition) is 1. The third kappa shape index (κ3) is 3.60. The quantitative estimate of drug-likeness (QED) is 0.748. The van der Waals surface area contributed by atoms with Crippen LogP contribution in [-0.4, -0.2) is 17.6 Å². The zero-order valence-corrected chi connectivity index (χ0v) is 13.9. The normalized spacial score (nSPS) is 10.7. The largest absolute Gasteiger partial charge is 0.497 e. The Bertz CT molecular complexity index is 854. The highest BCUT2D eigenvalue weighted by Crippen LogP contribution is 2.24. The van der Waals surface area contributed by atoms with Crippen molar-refractivity contribution in [2.75, 3.05) is 12.4 Å². The SMILES string of the molecule is COc1ccc2c(ccn2CC(=O)Nc2cc(Cl)cc(Cl)c2)c1. The molecule has 0 spiro atoms. The van der Waals surface area contributed by atoms with Crippen LogP contribution in [0.4, 0.5) is 5.69 Å². The maximum absolute atomic E-state index is 12.2. The summed E-state index contributed by atoms with van der Waals surface area (Å²) in [5.74, 6) is 0.630. The maximum atomic E-state index is 12.2. The number of anilines is 1. The summed E-state index contributed by atoms with van der Waals surface area (Å²) >= 11 is 11.9. The summed E-state index contributed by atoms with van der Waals surface area (Å²) in [7, 11) is 1.63. The Hall–Kier alpha value is -2.17. The van der Waals surface area contributed by atoms with Crippen LogP contribution in [0.3, 0.4) is 0 Å². The number of nitrogens with zero attached hydrogens (tertiary/aromatic N) is 1. The third-order valence-electron chi connectivity index (χ3n) is 3.44. The molecule has 0 atom stereocenters. The number of methoxy groups -OCH3 is 1. The van der Waals surface area contributed by atoms with E-state index in [0.717, 1.165) is 16.7 Å². The van der Waals surface area contributed by atoms with Crippen LogP contribution in [0.25, 0.3) is 10.9 Å². The molecule has 1 amide bonds. The molecule has 1 aromatic heterocycles. The Labute approximate surface area is 143 Å². The number of rotatable bonds is 4. The lowest BCUT2D eigenvalue weighted by Gasteiger charge is -2.08. The van der Waals surface area contributed by atoms with Crippen LogP contribution in [-0.2, 0) is 11.3 Å². The molecule has 0 unspecified atom stereocenters. The molecule has 1 heterocycles. The highest BCUT2D eigenvalue weighted by molar-refractivity contribution is 6.35. The second-order valence-corrected chi connectivity index (χ2v) is 5.95. The van der Waals surface area contributed by atoms with Crippen LogP contribution in [0.5, 0.6) is 5.75 Å². The molecule has 3 rings (SSSR count). The van der Waals surface area contributed by atoms with Gasteiger partial charge >= 0.3 is 0 Å². The minimum absolute atomic E-state index is 0.156. The number of aromatic nitrogens is 1. The molecular formula is C17H14Cl2N2O2. The van der Waals surface area contributed by atoms with E-state index >= 15 is 0 Å². The third-order valence-corrected chi connectivity index (χ3v) is 3.87. The smallest absolute Gasteiger partial charge is 0.244 e. The first-order valence-corrected chi connectivity index (χ1v) is 7.69. The van der Waals surface area contributed by atoms with Crippen LogP contribution >= 0.6 is 23.2 Å². The highest BCUT2D eigenvalue weighted by Gasteiger charge is 2.08. The topological polar surface area (TPSA) is 43.3 Å². The fourth-order valence-corrected chi connectivity index (χ4v) is 2.95. The molecule has 23 heavy (non-hydrogen) atoms. The van der Waals surface area contributed by atoms with Crippen LogP contribution < -0.4 is 10.1 Å². The van der Waals surface area contributed by atoms with E-state index in [9.17, 15) is 4.79 Å². The molecule has 0 saturated heterocycles. The van der Waals surface area contributed by atoms with Crippen LogP contribution in [0.1, 0.15) is 0 Å². The zero-order valence-electron chi connectivity index (χ0n) is 12.3. The van der Waals surface area contributed by atoms with E-state index in [2.05, 4.69) is 5.32 Å². The van der Waals surface area contributed by atoms with E-state index in [-0.39, 0.29) is 12.5 Å². The first-order valence-electron chi connectivity index (χ1n) is 6.94. The summed E-state index contributed by atoms with van der Waals surface area (Å²) in [6.45, 7) is 0.194. The average molecular weight is 349 g/mol. The van der Waals surface area contributed by atoms with Crippen molar-refractivity contribution in [3.8, 4) is 5.75 Å². The molecule has 0 fully saturated rings. The number of nitrogens with one attached hydrogen (secondary N) is 1. The molecule has 6 heteroatoms. The van der Waals surface area contributed by atoms with Gasteiger partial charge in [0.05, 0.1) is 7.11 Å². The number of halogens is 2. The van der Waals surface area contributed by atoms with Gasteiger partial charge in [0.1, 0.15) is 12.3 Å². The van der Waals surface area contributed by atoms with Crippen molar-refractivity contribution >= 4 is 45.7 Å². The molecule has 0 aliphatic carbocycles. The number of fused-ring (bicyclic) bond motifs is 1. The lowest BCUT2D eigenvalue weighted by atomic mass is 10.2. The first-order chi connectivity index (χ1) is 11.0. The Kier molecular flexibility index (Phi) is 4.46. The van der Waals surface area contributed by atoms with Gasteiger partial charge in [0.25, 0.3) is 0 Å². The Morgan fingerprint density at radius 3 is 2.57 bits per heavy atom. The summed E-state index contributed by atoms with van der Waals surface area (Å²) in [6.07, 6.45) is 1.87. The van der Waals surface area contributed by atoms with Gasteiger partial charge in [-0.05, 0) is 42.5 Å². The van der Waals surface area contributed by atoms with E-state index in [0.29, 0.717) is 15.7 Å². The minimum Gasteiger partial charge on any atom is -0.497 e. The Morgan fingerprint density at radius 2 is 1.87 bits per heavy atom. The second kappa shape index (κ2) is 6.52. The van der Waals surface area contributed by atoms with E-state index in [4.69, 9.17) is 27.9 Å². The van der Waals surface area contributed by atoms with Gasteiger partial charge in [-0.15, -0.1) is 0 Å². The molecule has 0 radical (unpaired) electrons. The van der Waals surface area contributed by atoms with Gasteiger partial charge < -0.3 is 14.6 Å². The zero-order chi connectivity index (χ0) is 16.4. The van der Waals surface area contributed by atoms with Crippen molar-refractivity contribution in [2.24, 2.45) is 0 Å². The lowest BCUT2D eigenvalue weighted by molar-refractivity contribution is -0.116. The van der Waals surface area contributed by atoms with E-state index in [1.165, 1.54) is 0 Å². The molecule has 0 saturated carbocycles. The minimum atomic E-state index is -0.156. The van der Waals surface area contributed by atoms with E-state index in [1.807, 2.05) is 35.0 Å². The number of ether oxygens (including phenoxy) is 1. The maximum Gasteiger partial charge on any atom is 0.244 e. The van der Waals surface area contributed by atoms with Crippen molar-refractivity contribution in [3.63, 3.8) is 0 Å². The van der Waals surface area contributed by atoms with Crippen molar-refractivity contribution < 1.29 is 9.53 Å². The molecule has 0 aliphatic rings. The van der Waals surface area contributed by atoms with Crippen molar-refractivity contribution in [1.82, 2.24) is 4.57 Å². The molecular weight excluding hydrogens is 335 g/mol. The fourth-order valence-electron chi connectivity index (χ4n) is 2.42. The second-order valence-electron chi connectivity index (χ2n) is 5.07. The number of hydrogen-bond acceptors (Lipinski definition) is 2. The van der Waals surface area contributed by atoms with Gasteiger partial charge in [0, 0.05) is 32.8 Å². The monoisotopic (exact) mass is 348 g/mol. The molecule has 2 aromatic carbocycles. The van der Waals surface area contributed by atoms with Crippen molar-refractivity contribution in [2.45, 2.75) is 6.54 Å². The number of carbonyl (C=O) groups is 1. The van der Waals surface area contributed by atoms with E-state index in [1.54, 1.807) is 25.3 Å². The van der Waals surface area contributed by atoms with Gasteiger partial charge in [-0.25, -0.2) is 0 Å².